The molecule has 1 atom stereocenters. The van der Waals surface area contributed by atoms with Gasteiger partial charge >= 0.3 is 0 Å². The van der Waals surface area contributed by atoms with Crippen LogP contribution in [0.3, 0.4) is 0 Å². The summed E-state index contributed by atoms with van der Waals surface area (Å²) in [5, 5.41) is 13.9. The van der Waals surface area contributed by atoms with Gasteiger partial charge in [-0.25, -0.2) is 4.39 Å². The first kappa shape index (κ1) is 18.1. The number of hydrogen-bond donors (Lipinski definition) is 2. The fourth-order valence-electron chi connectivity index (χ4n) is 2.74. The fourth-order valence-corrected chi connectivity index (χ4v) is 2.97. The minimum Gasteiger partial charge on any atom is -0.383 e. The van der Waals surface area contributed by atoms with Gasteiger partial charge in [0.05, 0.1) is 6.61 Å². The smallest absolute Gasteiger partial charge is 0.255 e. The van der Waals surface area contributed by atoms with Crippen molar-refractivity contribution in [2.75, 3.05) is 33.4 Å². The summed E-state index contributed by atoms with van der Waals surface area (Å²) in [6.07, 6.45) is 1.10. The predicted molar refractivity (Wildman–Crippen MR) is 85.8 cm³/mol. The van der Waals surface area contributed by atoms with Crippen molar-refractivity contribution in [3.8, 4) is 0 Å². The van der Waals surface area contributed by atoms with E-state index in [0.29, 0.717) is 43.1 Å². The summed E-state index contributed by atoms with van der Waals surface area (Å²) < 4.78 is 18.7. The lowest BCUT2D eigenvalue weighted by atomic mass is 9.91. The summed E-state index contributed by atoms with van der Waals surface area (Å²) in [7, 11) is 1.57. The summed E-state index contributed by atoms with van der Waals surface area (Å²) in [5.74, 6) is -0.721. The number of benzene rings is 1. The van der Waals surface area contributed by atoms with E-state index in [0.717, 1.165) is 0 Å². The number of amides is 1. The molecule has 23 heavy (non-hydrogen) atoms. The summed E-state index contributed by atoms with van der Waals surface area (Å²) in [5.41, 5.74) is -1.14. The van der Waals surface area contributed by atoms with Crippen LogP contribution in [0.1, 0.15) is 18.4 Å². The molecule has 1 amide bonds. The van der Waals surface area contributed by atoms with E-state index in [1.54, 1.807) is 18.1 Å². The Kier molecular flexibility index (Phi) is 6.35. The number of aliphatic hydroxyl groups is 1. The number of piperidine rings is 1. The largest absolute Gasteiger partial charge is 0.383 e. The van der Waals surface area contributed by atoms with Gasteiger partial charge in [-0.2, -0.15) is 0 Å². The van der Waals surface area contributed by atoms with E-state index in [1.807, 2.05) is 0 Å². The van der Waals surface area contributed by atoms with Crippen LogP contribution < -0.4 is 5.32 Å². The maximum Gasteiger partial charge on any atom is 0.255 e. The van der Waals surface area contributed by atoms with Gasteiger partial charge in [-0.15, -0.1) is 0 Å². The maximum absolute atomic E-state index is 13.7. The lowest BCUT2D eigenvalue weighted by molar-refractivity contribution is -0.157. The van der Waals surface area contributed by atoms with Crippen LogP contribution in [-0.4, -0.2) is 54.9 Å². The van der Waals surface area contributed by atoms with Crippen molar-refractivity contribution in [2.45, 2.75) is 25.0 Å². The van der Waals surface area contributed by atoms with Crippen LogP contribution in [0.5, 0.6) is 0 Å². The Hall–Kier alpha value is -1.21. The molecule has 0 spiro atoms. The second-order valence-corrected chi connectivity index (χ2v) is 6.13. The van der Waals surface area contributed by atoms with Gasteiger partial charge in [0, 0.05) is 43.9 Å². The predicted octanol–water partition coefficient (Wildman–Crippen LogP) is 1.57. The minimum atomic E-state index is -1.47. The Morgan fingerprint density at radius 2 is 2.30 bits per heavy atom. The first-order chi connectivity index (χ1) is 11.0. The lowest BCUT2D eigenvalue weighted by Crippen LogP contribution is -2.58. The maximum atomic E-state index is 13.7. The molecular formula is C16H22ClFN2O3. The molecule has 5 nitrogen and oxygen atoms in total. The van der Waals surface area contributed by atoms with Crippen molar-refractivity contribution in [2.24, 2.45) is 0 Å². The molecule has 1 aliphatic rings. The van der Waals surface area contributed by atoms with Crippen molar-refractivity contribution in [1.29, 1.82) is 0 Å². The molecule has 0 bridgehead atoms. The number of methoxy groups -OCH3 is 1. The summed E-state index contributed by atoms with van der Waals surface area (Å²) >= 11 is 5.96. The topological polar surface area (TPSA) is 61.8 Å². The van der Waals surface area contributed by atoms with Crippen LogP contribution in [-0.2, 0) is 16.1 Å². The van der Waals surface area contributed by atoms with E-state index in [-0.39, 0.29) is 19.0 Å². The Morgan fingerprint density at radius 3 is 3.00 bits per heavy atom. The first-order valence-corrected chi connectivity index (χ1v) is 8.00. The summed E-state index contributed by atoms with van der Waals surface area (Å²) in [6.45, 7) is 1.71. The summed E-state index contributed by atoms with van der Waals surface area (Å²) in [6, 6.07) is 4.47. The molecule has 0 unspecified atom stereocenters. The van der Waals surface area contributed by atoms with Crippen molar-refractivity contribution < 1.29 is 19.0 Å². The van der Waals surface area contributed by atoms with Crippen molar-refractivity contribution >= 4 is 17.5 Å². The van der Waals surface area contributed by atoms with E-state index < -0.39 is 11.4 Å². The monoisotopic (exact) mass is 344 g/mol. The molecule has 7 heteroatoms. The highest BCUT2D eigenvalue weighted by molar-refractivity contribution is 6.31. The number of nitrogens with zero attached hydrogens (tertiary/aromatic N) is 1. The number of carbonyl (C=O) groups is 1. The van der Waals surface area contributed by atoms with Gasteiger partial charge in [0.2, 0.25) is 0 Å². The van der Waals surface area contributed by atoms with Gasteiger partial charge < -0.3 is 20.1 Å². The minimum absolute atomic E-state index is 0.0555. The molecule has 0 aliphatic carbocycles. The summed E-state index contributed by atoms with van der Waals surface area (Å²) in [4.78, 5) is 14.0. The van der Waals surface area contributed by atoms with Crippen LogP contribution in [0.15, 0.2) is 18.2 Å². The number of carbonyl (C=O) groups excluding carboxylic acids is 1. The zero-order valence-electron chi connectivity index (χ0n) is 13.1. The number of nitrogens with one attached hydrogen (secondary N) is 1. The van der Waals surface area contributed by atoms with Crippen molar-refractivity contribution in [1.82, 2.24) is 10.2 Å². The normalized spacial score (nSPS) is 21.7. The molecule has 1 aliphatic heterocycles. The second-order valence-electron chi connectivity index (χ2n) is 5.72. The number of likely N-dealkylation sites (tertiary alicyclic amines) is 1. The fraction of sp³-hybridized carbons (Fsp3) is 0.562. The molecule has 1 aromatic carbocycles. The van der Waals surface area contributed by atoms with Gasteiger partial charge in [-0.1, -0.05) is 17.7 Å². The SMILES string of the molecule is COCCN1CCC[C@@](O)(CNCc2c(F)cccc2Cl)C1=O. The van der Waals surface area contributed by atoms with Gasteiger partial charge in [0.15, 0.2) is 5.60 Å². The third-order valence-electron chi connectivity index (χ3n) is 4.05. The van der Waals surface area contributed by atoms with E-state index >= 15 is 0 Å². The van der Waals surface area contributed by atoms with Gasteiger partial charge in [0.1, 0.15) is 5.82 Å². The average Bonchev–Trinajstić information content (AvgIpc) is 2.52. The first-order valence-electron chi connectivity index (χ1n) is 7.62. The molecule has 1 saturated heterocycles. The standard InChI is InChI=1S/C16H22ClFN2O3/c1-23-9-8-20-7-3-6-16(22,15(20)21)11-19-10-12-13(17)4-2-5-14(12)18/h2,4-5,19,22H,3,6-11H2,1H3/t16-/m1/s1. The molecule has 2 N–H and O–H groups in total. The molecule has 0 aromatic heterocycles. The van der Waals surface area contributed by atoms with E-state index in [4.69, 9.17) is 16.3 Å². The molecule has 0 radical (unpaired) electrons. The van der Waals surface area contributed by atoms with Gasteiger partial charge in [0.25, 0.3) is 5.91 Å². The lowest BCUT2D eigenvalue weighted by Gasteiger charge is -2.38. The number of ether oxygens (including phenoxy) is 1. The number of rotatable bonds is 7. The highest BCUT2D eigenvalue weighted by atomic mass is 35.5. The molecule has 1 heterocycles. The Balaban J connectivity index is 1.94. The quantitative estimate of drug-likeness (QED) is 0.788. The van der Waals surface area contributed by atoms with E-state index in [2.05, 4.69) is 5.32 Å². The van der Waals surface area contributed by atoms with Crippen LogP contribution in [0, 0.1) is 5.82 Å². The zero-order chi connectivity index (χ0) is 16.9. The molecule has 0 saturated carbocycles. The van der Waals surface area contributed by atoms with Crippen LogP contribution in [0.25, 0.3) is 0 Å². The average molecular weight is 345 g/mol. The zero-order valence-corrected chi connectivity index (χ0v) is 13.9. The highest BCUT2D eigenvalue weighted by Gasteiger charge is 2.41. The van der Waals surface area contributed by atoms with E-state index in [1.165, 1.54) is 12.1 Å². The molecule has 1 aromatic rings. The Morgan fingerprint density at radius 1 is 1.52 bits per heavy atom. The van der Waals surface area contributed by atoms with Crippen LogP contribution in [0.4, 0.5) is 4.39 Å². The van der Waals surface area contributed by atoms with Gasteiger partial charge in [-0.05, 0) is 25.0 Å². The number of hydrogen-bond acceptors (Lipinski definition) is 4. The molecule has 1 fully saturated rings. The Bertz CT molecular complexity index is 538. The molecular weight excluding hydrogens is 323 g/mol. The third-order valence-corrected chi connectivity index (χ3v) is 4.40. The van der Waals surface area contributed by atoms with Crippen LogP contribution >= 0.6 is 11.6 Å². The molecule has 128 valence electrons. The number of halogens is 2. The van der Waals surface area contributed by atoms with Crippen LogP contribution in [0.2, 0.25) is 5.02 Å². The Labute approximate surface area is 140 Å². The van der Waals surface area contributed by atoms with Gasteiger partial charge in [-0.3, -0.25) is 4.79 Å². The third kappa shape index (κ3) is 4.41. The van der Waals surface area contributed by atoms with E-state index in [9.17, 15) is 14.3 Å². The van der Waals surface area contributed by atoms with Crippen molar-refractivity contribution in [3.05, 3.63) is 34.6 Å². The van der Waals surface area contributed by atoms with Crippen molar-refractivity contribution in [3.63, 3.8) is 0 Å². The second kappa shape index (κ2) is 8.06. The highest BCUT2D eigenvalue weighted by Crippen LogP contribution is 2.23. The molecule has 2 rings (SSSR count).